The first-order chi connectivity index (χ1) is 9.06. The summed E-state index contributed by atoms with van der Waals surface area (Å²) in [6, 6.07) is 5.96. The highest BCUT2D eigenvalue weighted by molar-refractivity contribution is 9.10. The zero-order chi connectivity index (χ0) is 14.3. The number of halogens is 1. The van der Waals surface area contributed by atoms with E-state index in [1.165, 1.54) is 0 Å². The van der Waals surface area contributed by atoms with Crippen LogP contribution in [0.4, 0.5) is 0 Å². The first-order valence-corrected chi connectivity index (χ1v) is 6.62. The van der Waals surface area contributed by atoms with Gasteiger partial charge in [-0.1, -0.05) is 12.1 Å². The van der Waals surface area contributed by atoms with Crippen molar-refractivity contribution in [3.63, 3.8) is 0 Å². The number of methoxy groups -OCH3 is 1. The third-order valence-electron chi connectivity index (χ3n) is 2.56. The van der Waals surface area contributed by atoms with E-state index in [4.69, 9.17) is 9.84 Å². The van der Waals surface area contributed by atoms with Crippen LogP contribution < -0.4 is 5.32 Å². The lowest BCUT2D eigenvalue weighted by Crippen LogP contribution is -2.41. The lowest BCUT2D eigenvalue weighted by atomic mass is 10.1. The van der Waals surface area contributed by atoms with Crippen LogP contribution in [0.25, 0.3) is 0 Å². The van der Waals surface area contributed by atoms with Gasteiger partial charge in [0.05, 0.1) is 5.56 Å². The average Bonchev–Trinajstić information content (AvgIpc) is 2.38. The van der Waals surface area contributed by atoms with Gasteiger partial charge in [0.1, 0.15) is 6.04 Å². The van der Waals surface area contributed by atoms with Crippen molar-refractivity contribution >= 4 is 27.8 Å². The van der Waals surface area contributed by atoms with Crippen molar-refractivity contribution in [2.24, 2.45) is 0 Å². The second-order valence-electron chi connectivity index (χ2n) is 3.98. The molecule has 19 heavy (non-hydrogen) atoms. The number of rotatable bonds is 7. The van der Waals surface area contributed by atoms with Crippen LogP contribution in [-0.2, 0) is 9.53 Å². The van der Waals surface area contributed by atoms with Gasteiger partial charge in [-0.05, 0) is 40.9 Å². The highest BCUT2D eigenvalue weighted by Crippen LogP contribution is 2.16. The fourth-order valence-electron chi connectivity index (χ4n) is 1.57. The normalized spacial score (nSPS) is 11.9. The molecule has 5 nitrogen and oxygen atoms in total. The topological polar surface area (TPSA) is 75.6 Å². The van der Waals surface area contributed by atoms with Crippen molar-refractivity contribution in [1.29, 1.82) is 0 Å². The molecule has 0 radical (unpaired) electrons. The molecule has 1 amide bonds. The summed E-state index contributed by atoms with van der Waals surface area (Å²) in [5.74, 6) is -1.45. The van der Waals surface area contributed by atoms with Gasteiger partial charge in [-0.25, -0.2) is 4.79 Å². The standard InChI is InChI=1S/C13H16BrNO4/c1-19-8-4-7-11(13(17)18)15-12(16)9-5-2-3-6-10(9)14/h2-3,5-6,11H,4,7-8H2,1H3,(H,15,16)(H,17,18). The second-order valence-corrected chi connectivity index (χ2v) is 4.83. The number of carbonyl (C=O) groups is 2. The number of carboxylic acid groups (broad SMARTS) is 1. The highest BCUT2D eigenvalue weighted by atomic mass is 79.9. The minimum absolute atomic E-state index is 0.333. The molecule has 0 saturated heterocycles. The monoisotopic (exact) mass is 329 g/mol. The first kappa shape index (κ1) is 15.7. The Bertz CT molecular complexity index is 450. The molecule has 1 atom stereocenters. The van der Waals surface area contributed by atoms with Gasteiger partial charge in [-0.2, -0.15) is 0 Å². The van der Waals surface area contributed by atoms with Gasteiger partial charge >= 0.3 is 5.97 Å². The number of carbonyl (C=O) groups excluding carboxylic acids is 1. The molecule has 104 valence electrons. The van der Waals surface area contributed by atoms with Crippen LogP contribution in [0.15, 0.2) is 28.7 Å². The molecule has 0 saturated carbocycles. The number of nitrogens with one attached hydrogen (secondary N) is 1. The summed E-state index contributed by atoms with van der Waals surface area (Å²) in [5, 5.41) is 11.6. The summed E-state index contributed by atoms with van der Waals surface area (Å²) in [6.45, 7) is 0.467. The van der Waals surface area contributed by atoms with Gasteiger partial charge in [-0.15, -0.1) is 0 Å². The van der Waals surface area contributed by atoms with Gasteiger partial charge in [-0.3, -0.25) is 4.79 Å². The maximum atomic E-state index is 12.0. The SMILES string of the molecule is COCCCC(NC(=O)c1ccccc1Br)C(=O)O. The van der Waals surface area contributed by atoms with Gasteiger partial charge in [0, 0.05) is 18.2 Å². The summed E-state index contributed by atoms with van der Waals surface area (Å²) >= 11 is 3.26. The molecule has 0 aliphatic heterocycles. The van der Waals surface area contributed by atoms with Crippen LogP contribution in [0.2, 0.25) is 0 Å². The van der Waals surface area contributed by atoms with Crippen molar-refractivity contribution < 1.29 is 19.4 Å². The molecule has 0 aliphatic rings. The van der Waals surface area contributed by atoms with Crippen molar-refractivity contribution in [3.8, 4) is 0 Å². The van der Waals surface area contributed by atoms with Crippen molar-refractivity contribution in [2.45, 2.75) is 18.9 Å². The van der Waals surface area contributed by atoms with Gasteiger partial charge in [0.15, 0.2) is 0 Å². The molecular formula is C13H16BrNO4. The summed E-state index contributed by atoms with van der Waals surface area (Å²) in [7, 11) is 1.55. The number of amides is 1. The lowest BCUT2D eigenvalue weighted by molar-refractivity contribution is -0.139. The number of benzene rings is 1. The zero-order valence-electron chi connectivity index (χ0n) is 10.6. The molecule has 2 N–H and O–H groups in total. The summed E-state index contributed by atoms with van der Waals surface area (Å²) in [6.07, 6.45) is 0.906. The second kappa shape index (κ2) is 7.91. The molecular weight excluding hydrogens is 314 g/mol. The van der Waals surface area contributed by atoms with Crippen LogP contribution in [0.1, 0.15) is 23.2 Å². The molecule has 1 aromatic carbocycles. The Balaban J connectivity index is 2.66. The maximum Gasteiger partial charge on any atom is 0.326 e. The molecule has 1 rings (SSSR count). The molecule has 1 unspecified atom stereocenters. The Morgan fingerprint density at radius 3 is 2.68 bits per heavy atom. The van der Waals surface area contributed by atoms with E-state index in [-0.39, 0.29) is 0 Å². The van der Waals surface area contributed by atoms with E-state index < -0.39 is 17.9 Å². The van der Waals surface area contributed by atoms with Crippen LogP contribution in [0, 0.1) is 0 Å². The molecule has 0 aromatic heterocycles. The predicted octanol–water partition coefficient (Wildman–Crippen LogP) is 2.06. The zero-order valence-corrected chi connectivity index (χ0v) is 12.1. The van der Waals surface area contributed by atoms with Crippen molar-refractivity contribution in [3.05, 3.63) is 34.3 Å². The molecule has 0 spiro atoms. The lowest BCUT2D eigenvalue weighted by Gasteiger charge is -2.14. The van der Waals surface area contributed by atoms with E-state index in [1.807, 2.05) is 0 Å². The molecule has 0 aliphatic carbocycles. The van der Waals surface area contributed by atoms with Crippen LogP contribution >= 0.6 is 15.9 Å². The fraction of sp³-hybridized carbons (Fsp3) is 0.385. The average molecular weight is 330 g/mol. The van der Waals surface area contributed by atoms with E-state index in [0.29, 0.717) is 29.5 Å². The Labute approximate surface area is 120 Å². The maximum absolute atomic E-state index is 12.0. The van der Waals surface area contributed by atoms with E-state index in [0.717, 1.165) is 0 Å². The number of carboxylic acids is 1. The Morgan fingerprint density at radius 2 is 2.11 bits per heavy atom. The van der Waals surface area contributed by atoms with Gasteiger partial charge < -0.3 is 15.2 Å². The molecule has 0 fully saturated rings. The molecule has 0 heterocycles. The Morgan fingerprint density at radius 1 is 1.42 bits per heavy atom. The number of hydrogen-bond donors (Lipinski definition) is 2. The molecule has 6 heteroatoms. The molecule has 1 aromatic rings. The van der Waals surface area contributed by atoms with Crippen molar-refractivity contribution in [2.75, 3.05) is 13.7 Å². The minimum atomic E-state index is -1.04. The third kappa shape index (κ3) is 5.00. The fourth-order valence-corrected chi connectivity index (χ4v) is 2.04. The Kier molecular flexibility index (Phi) is 6.52. The molecule has 0 bridgehead atoms. The summed E-state index contributed by atoms with van der Waals surface area (Å²) < 4.78 is 5.50. The number of hydrogen-bond acceptors (Lipinski definition) is 3. The predicted molar refractivity (Wildman–Crippen MR) is 74.1 cm³/mol. The third-order valence-corrected chi connectivity index (χ3v) is 3.25. The van der Waals surface area contributed by atoms with Gasteiger partial charge in [0.2, 0.25) is 0 Å². The minimum Gasteiger partial charge on any atom is -0.480 e. The largest absolute Gasteiger partial charge is 0.480 e. The number of aliphatic carboxylic acids is 1. The van der Waals surface area contributed by atoms with E-state index in [1.54, 1.807) is 31.4 Å². The summed E-state index contributed by atoms with van der Waals surface area (Å²) in [5.41, 5.74) is 0.417. The quantitative estimate of drug-likeness (QED) is 0.751. The summed E-state index contributed by atoms with van der Waals surface area (Å²) in [4.78, 5) is 23.1. The van der Waals surface area contributed by atoms with Gasteiger partial charge in [0.25, 0.3) is 5.91 Å². The van der Waals surface area contributed by atoms with Crippen LogP contribution in [-0.4, -0.2) is 36.7 Å². The van der Waals surface area contributed by atoms with Crippen LogP contribution in [0.3, 0.4) is 0 Å². The first-order valence-electron chi connectivity index (χ1n) is 5.83. The highest BCUT2D eigenvalue weighted by Gasteiger charge is 2.21. The van der Waals surface area contributed by atoms with E-state index in [2.05, 4.69) is 21.2 Å². The van der Waals surface area contributed by atoms with E-state index >= 15 is 0 Å². The number of ether oxygens (including phenoxy) is 1. The Hall–Kier alpha value is -1.40. The van der Waals surface area contributed by atoms with E-state index in [9.17, 15) is 9.59 Å². The van der Waals surface area contributed by atoms with Crippen molar-refractivity contribution in [1.82, 2.24) is 5.32 Å². The van der Waals surface area contributed by atoms with Crippen LogP contribution in [0.5, 0.6) is 0 Å². The smallest absolute Gasteiger partial charge is 0.326 e.